The SMILES string of the molecule is CC(=O)Nc1ccc(CN2CCCC(CO)(CCc3ccccc3)C2)cc1. The number of rotatable bonds is 7. The van der Waals surface area contributed by atoms with Gasteiger partial charge in [0, 0.05) is 37.7 Å². The fourth-order valence-electron chi connectivity index (χ4n) is 4.07. The third kappa shape index (κ3) is 5.65. The fraction of sp³-hybridized carbons (Fsp3) is 0.435. The average Bonchev–Trinajstić information content (AvgIpc) is 2.69. The largest absolute Gasteiger partial charge is 0.396 e. The average molecular weight is 367 g/mol. The lowest BCUT2D eigenvalue weighted by Gasteiger charge is -2.42. The summed E-state index contributed by atoms with van der Waals surface area (Å²) in [6.07, 6.45) is 4.25. The van der Waals surface area contributed by atoms with Crippen LogP contribution in [0.2, 0.25) is 0 Å². The summed E-state index contributed by atoms with van der Waals surface area (Å²) in [6, 6.07) is 18.6. The van der Waals surface area contributed by atoms with E-state index in [0.29, 0.717) is 0 Å². The molecule has 1 saturated heterocycles. The van der Waals surface area contributed by atoms with Gasteiger partial charge in [0.25, 0.3) is 0 Å². The molecule has 3 rings (SSSR count). The monoisotopic (exact) mass is 366 g/mol. The number of aliphatic hydroxyl groups excluding tert-OH is 1. The second kappa shape index (κ2) is 9.16. The maximum absolute atomic E-state index is 11.1. The molecule has 4 nitrogen and oxygen atoms in total. The van der Waals surface area contributed by atoms with Crippen LogP contribution < -0.4 is 5.32 Å². The predicted molar refractivity (Wildman–Crippen MR) is 110 cm³/mol. The first-order valence-electron chi connectivity index (χ1n) is 9.82. The van der Waals surface area contributed by atoms with Crippen molar-refractivity contribution in [2.75, 3.05) is 25.0 Å². The molecule has 0 spiro atoms. The molecular formula is C23H30N2O2. The first-order valence-corrected chi connectivity index (χ1v) is 9.82. The number of hydrogen-bond acceptors (Lipinski definition) is 3. The van der Waals surface area contributed by atoms with Gasteiger partial charge in [0.1, 0.15) is 0 Å². The Kier molecular flexibility index (Phi) is 6.64. The van der Waals surface area contributed by atoms with Gasteiger partial charge in [-0.05, 0) is 55.5 Å². The molecule has 1 aliphatic heterocycles. The quantitative estimate of drug-likeness (QED) is 0.782. The Morgan fingerprint density at radius 1 is 1.11 bits per heavy atom. The van der Waals surface area contributed by atoms with Crippen LogP contribution in [0.3, 0.4) is 0 Å². The van der Waals surface area contributed by atoms with Crippen LogP contribution in [-0.2, 0) is 17.8 Å². The summed E-state index contributed by atoms with van der Waals surface area (Å²) in [7, 11) is 0. The summed E-state index contributed by atoms with van der Waals surface area (Å²) in [6.45, 7) is 4.65. The molecule has 0 aliphatic carbocycles. The first kappa shape index (κ1) is 19.6. The van der Waals surface area contributed by atoms with E-state index in [9.17, 15) is 9.90 Å². The van der Waals surface area contributed by atoms with Gasteiger partial charge in [0.2, 0.25) is 5.91 Å². The lowest BCUT2D eigenvalue weighted by Crippen LogP contribution is -2.45. The summed E-state index contributed by atoms with van der Waals surface area (Å²) >= 11 is 0. The molecule has 4 heteroatoms. The van der Waals surface area contributed by atoms with Crippen molar-refractivity contribution in [2.24, 2.45) is 5.41 Å². The molecule has 2 aromatic carbocycles. The van der Waals surface area contributed by atoms with Gasteiger partial charge < -0.3 is 10.4 Å². The Labute approximate surface area is 162 Å². The van der Waals surface area contributed by atoms with Gasteiger partial charge in [-0.3, -0.25) is 9.69 Å². The van der Waals surface area contributed by atoms with Crippen LogP contribution in [0, 0.1) is 5.41 Å². The third-order valence-corrected chi connectivity index (χ3v) is 5.54. The highest BCUT2D eigenvalue weighted by Crippen LogP contribution is 2.35. The number of likely N-dealkylation sites (tertiary alicyclic amines) is 1. The Bertz CT molecular complexity index is 730. The number of hydrogen-bond donors (Lipinski definition) is 2. The van der Waals surface area contributed by atoms with E-state index in [1.807, 2.05) is 18.2 Å². The van der Waals surface area contributed by atoms with E-state index in [-0.39, 0.29) is 17.9 Å². The van der Waals surface area contributed by atoms with Gasteiger partial charge in [-0.1, -0.05) is 42.5 Å². The Morgan fingerprint density at radius 2 is 1.85 bits per heavy atom. The van der Waals surface area contributed by atoms with Crippen LogP contribution in [0.5, 0.6) is 0 Å². The molecule has 1 amide bonds. The van der Waals surface area contributed by atoms with Crippen LogP contribution in [0.15, 0.2) is 54.6 Å². The van der Waals surface area contributed by atoms with Gasteiger partial charge >= 0.3 is 0 Å². The van der Waals surface area contributed by atoms with Crippen molar-refractivity contribution in [3.8, 4) is 0 Å². The van der Waals surface area contributed by atoms with Crippen molar-refractivity contribution in [1.82, 2.24) is 4.90 Å². The van der Waals surface area contributed by atoms with Crippen LogP contribution in [0.25, 0.3) is 0 Å². The highest BCUT2D eigenvalue weighted by molar-refractivity contribution is 5.88. The van der Waals surface area contributed by atoms with E-state index in [2.05, 4.69) is 46.6 Å². The van der Waals surface area contributed by atoms with E-state index in [0.717, 1.165) is 51.0 Å². The summed E-state index contributed by atoms with van der Waals surface area (Å²) in [4.78, 5) is 13.6. The smallest absolute Gasteiger partial charge is 0.221 e. The van der Waals surface area contributed by atoms with E-state index < -0.39 is 0 Å². The highest BCUT2D eigenvalue weighted by Gasteiger charge is 2.34. The Balaban J connectivity index is 1.59. The van der Waals surface area contributed by atoms with Crippen molar-refractivity contribution in [1.29, 1.82) is 0 Å². The lowest BCUT2D eigenvalue weighted by atomic mass is 9.76. The van der Waals surface area contributed by atoms with Crippen LogP contribution >= 0.6 is 0 Å². The van der Waals surface area contributed by atoms with E-state index in [4.69, 9.17) is 0 Å². The number of aryl methyl sites for hydroxylation is 1. The maximum Gasteiger partial charge on any atom is 0.221 e. The molecule has 2 aromatic rings. The molecule has 27 heavy (non-hydrogen) atoms. The number of anilines is 1. The predicted octanol–water partition coefficient (Wildman–Crippen LogP) is 3.85. The number of aliphatic hydroxyl groups is 1. The zero-order valence-corrected chi connectivity index (χ0v) is 16.2. The number of benzene rings is 2. The molecule has 1 atom stereocenters. The summed E-state index contributed by atoms with van der Waals surface area (Å²) < 4.78 is 0. The number of amides is 1. The molecular weight excluding hydrogens is 336 g/mol. The van der Waals surface area contributed by atoms with Crippen molar-refractivity contribution in [3.63, 3.8) is 0 Å². The molecule has 144 valence electrons. The third-order valence-electron chi connectivity index (χ3n) is 5.54. The molecule has 1 heterocycles. The van der Waals surface area contributed by atoms with Gasteiger partial charge in [-0.2, -0.15) is 0 Å². The number of carbonyl (C=O) groups is 1. The lowest BCUT2D eigenvalue weighted by molar-refractivity contribution is -0.114. The van der Waals surface area contributed by atoms with Crippen LogP contribution in [0.4, 0.5) is 5.69 Å². The molecule has 1 aliphatic rings. The summed E-state index contributed by atoms with van der Waals surface area (Å²) in [5.74, 6) is -0.0510. The molecule has 0 radical (unpaired) electrons. The molecule has 1 unspecified atom stereocenters. The highest BCUT2D eigenvalue weighted by atomic mass is 16.3. The Hall–Kier alpha value is -2.17. The second-order valence-electron chi connectivity index (χ2n) is 7.84. The summed E-state index contributed by atoms with van der Waals surface area (Å²) in [5.41, 5.74) is 3.40. The minimum atomic E-state index is -0.0510. The number of nitrogens with zero attached hydrogens (tertiary/aromatic N) is 1. The van der Waals surface area contributed by atoms with Gasteiger partial charge in [-0.15, -0.1) is 0 Å². The number of carbonyl (C=O) groups excluding carboxylic acids is 1. The normalized spacial score (nSPS) is 20.4. The van der Waals surface area contributed by atoms with Crippen molar-refractivity contribution in [3.05, 3.63) is 65.7 Å². The topological polar surface area (TPSA) is 52.6 Å². The van der Waals surface area contributed by atoms with Crippen molar-refractivity contribution >= 4 is 11.6 Å². The van der Waals surface area contributed by atoms with Gasteiger partial charge in [-0.25, -0.2) is 0 Å². The second-order valence-corrected chi connectivity index (χ2v) is 7.84. The first-order chi connectivity index (χ1) is 13.1. The van der Waals surface area contributed by atoms with Gasteiger partial charge in [0.15, 0.2) is 0 Å². The molecule has 2 N–H and O–H groups in total. The van der Waals surface area contributed by atoms with Gasteiger partial charge in [0.05, 0.1) is 0 Å². The van der Waals surface area contributed by atoms with E-state index >= 15 is 0 Å². The molecule has 0 bridgehead atoms. The van der Waals surface area contributed by atoms with Crippen molar-refractivity contribution < 1.29 is 9.90 Å². The zero-order valence-electron chi connectivity index (χ0n) is 16.2. The minimum Gasteiger partial charge on any atom is -0.396 e. The fourth-order valence-corrected chi connectivity index (χ4v) is 4.07. The minimum absolute atomic E-state index is 0.00970. The van der Waals surface area contributed by atoms with E-state index in [1.54, 1.807) is 0 Å². The van der Waals surface area contributed by atoms with Crippen molar-refractivity contribution in [2.45, 2.75) is 39.2 Å². The Morgan fingerprint density at radius 3 is 2.52 bits per heavy atom. The molecule has 0 aromatic heterocycles. The zero-order chi connectivity index (χ0) is 19.1. The molecule has 0 saturated carbocycles. The maximum atomic E-state index is 11.1. The summed E-state index contributed by atoms with van der Waals surface area (Å²) in [5, 5.41) is 13.0. The van der Waals surface area contributed by atoms with Crippen LogP contribution in [-0.4, -0.2) is 35.6 Å². The standard InChI is InChI=1S/C23H30N2O2/c1-19(27)24-22-10-8-21(9-11-22)16-25-15-5-13-23(17-25,18-26)14-12-20-6-3-2-4-7-20/h2-4,6-11,26H,5,12-18H2,1H3,(H,24,27). The van der Waals surface area contributed by atoms with Crippen LogP contribution in [0.1, 0.15) is 37.3 Å². The van der Waals surface area contributed by atoms with E-state index in [1.165, 1.54) is 18.1 Å². The number of nitrogens with one attached hydrogen (secondary N) is 1. The number of piperidine rings is 1. The molecule has 1 fully saturated rings.